The fourth-order valence-corrected chi connectivity index (χ4v) is 0.916. The number of hydrogen-bond acceptors (Lipinski definition) is 3. The minimum absolute atomic E-state index is 0.747. The molecule has 0 aliphatic carbocycles. The van der Waals surface area contributed by atoms with Crippen LogP contribution in [0.1, 0.15) is 18.9 Å². The average Bonchev–Trinajstić information content (AvgIpc) is 2.07. The zero-order valence-corrected chi connectivity index (χ0v) is 7.59. The Kier molecular flexibility index (Phi) is 2.91. The third-order valence-electron chi connectivity index (χ3n) is 1.71. The maximum Gasteiger partial charge on any atom is 0.126 e. The smallest absolute Gasteiger partial charge is 0.126 e. The minimum atomic E-state index is 0.747. The quantitative estimate of drug-likeness (QED) is 0.718. The number of rotatable bonds is 3. The summed E-state index contributed by atoms with van der Waals surface area (Å²) >= 11 is 0. The number of anilines is 2. The first kappa shape index (κ1) is 8.84. The molecule has 12 heavy (non-hydrogen) atoms. The molecule has 0 spiro atoms. The van der Waals surface area contributed by atoms with E-state index in [1.54, 1.807) is 6.20 Å². The Hall–Kier alpha value is -1.25. The molecule has 0 aromatic carbocycles. The summed E-state index contributed by atoms with van der Waals surface area (Å²) in [6, 6.07) is 1.96. The second-order valence-electron chi connectivity index (χ2n) is 2.85. The average molecular weight is 165 g/mol. The lowest BCUT2D eigenvalue weighted by Gasteiger charge is -2.05. The third-order valence-corrected chi connectivity index (χ3v) is 1.71. The first-order valence-electron chi connectivity index (χ1n) is 4.20. The van der Waals surface area contributed by atoms with Gasteiger partial charge in [-0.05, 0) is 25.0 Å². The van der Waals surface area contributed by atoms with Crippen LogP contribution < -0.4 is 11.1 Å². The number of nitrogen functional groups attached to an aromatic ring is 1. The molecule has 0 amide bonds. The second-order valence-corrected chi connectivity index (χ2v) is 2.85. The molecule has 3 nitrogen and oxygen atoms in total. The molecule has 0 atom stereocenters. The van der Waals surface area contributed by atoms with Gasteiger partial charge in [0.25, 0.3) is 0 Å². The monoisotopic (exact) mass is 165 g/mol. The topological polar surface area (TPSA) is 50.9 Å². The molecule has 3 N–H and O–H groups in total. The van der Waals surface area contributed by atoms with Crippen molar-refractivity contribution in [2.45, 2.75) is 20.3 Å². The van der Waals surface area contributed by atoms with E-state index >= 15 is 0 Å². The molecular weight excluding hydrogens is 150 g/mol. The van der Waals surface area contributed by atoms with E-state index in [9.17, 15) is 0 Å². The largest absolute Gasteiger partial charge is 0.397 e. The predicted octanol–water partition coefficient (Wildman–Crippen LogP) is 1.79. The Morgan fingerprint density at radius 1 is 1.58 bits per heavy atom. The van der Waals surface area contributed by atoms with Crippen LogP contribution in [0.3, 0.4) is 0 Å². The zero-order valence-electron chi connectivity index (χ0n) is 7.59. The van der Waals surface area contributed by atoms with Gasteiger partial charge in [0.15, 0.2) is 0 Å². The van der Waals surface area contributed by atoms with E-state index in [4.69, 9.17) is 5.73 Å². The van der Waals surface area contributed by atoms with E-state index in [2.05, 4.69) is 17.2 Å². The van der Waals surface area contributed by atoms with Gasteiger partial charge in [0.1, 0.15) is 5.82 Å². The zero-order chi connectivity index (χ0) is 8.97. The second kappa shape index (κ2) is 3.95. The van der Waals surface area contributed by atoms with Crippen LogP contribution in [0.25, 0.3) is 0 Å². The molecule has 1 aromatic heterocycles. The standard InChI is InChI=1S/C9H15N3/c1-3-4-11-9-5-7(2)8(10)6-12-9/h5-6H,3-4,10H2,1-2H3,(H,11,12). The molecule has 0 fully saturated rings. The van der Waals surface area contributed by atoms with Gasteiger partial charge in [0.05, 0.1) is 11.9 Å². The normalized spacial score (nSPS) is 9.83. The first-order valence-corrected chi connectivity index (χ1v) is 4.20. The van der Waals surface area contributed by atoms with Crippen molar-refractivity contribution in [1.29, 1.82) is 0 Å². The van der Waals surface area contributed by atoms with Crippen LogP contribution >= 0.6 is 0 Å². The Morgan fingerprint density at radius 3 is 2.92 bits per heavy atom. The number of aromatic nitrogens is 1. The molecule has 0 radical (unpaired) electrons. The van der Waals surface area contributed by atoms with Gasteiger partial charge < -0.3 is 11.1 Å². The summed E-state index contributed by atoms with van der Waals surface area (Å²) in [7, 11) is 0. The van der Waals surface area contributed by atoms with Crippen LogP contribution in [-0.4, -0.2) is 11.5 Å². The Morgan fingerprint density at radius 2 is 2.33 bits per heavy atom. The highest BCUT2D eigenvalue weighted by Gasteiger charge is 1.95. The van der Waals surface area contributed by atoms with Crippen molar-refractivity contribution < 1.29 is 0 Å². The molecule has 1 aromatic rings. The van der Waals surface area contributed by atoms with Crippen LogP contribution in [0.15, 0.2) is 12.3 Å². The Labute approximate surface area is 73.0 Å². The van der Waals surface area contributed by atoms with Crippen LogP contribution in [0, 0.1) is 6.92 Å². The van der Waals surface area contributed by atoms with Crippen molar-refractivity contribution >= 4 is 11.5 Å². The number of aryl methyl sites for hydroxylation is 1. The van der Waals surface area contributed by atoms with Crippen molar-refractivity contribution in [2.75, 3.05) is 17.6 Å². The Balaban J connectivity index is 2.69. The van der Waals surface area contributed by atoms with Gasteiger partial charge in [0.2, 0.25) is 0 Å². The van der Waals surface area contributed by atoms with Gasteiger partial charge >= 0.3 is 0 Å². The predicted molar refractivity (Wildman–Crippen MR) is 52.2 cm³/mol. The lowest BCUT2D eigenvalue weighted by molar-refractivity contribution is 0.969. The minimum Gasteiger partial charge on any atom is -0.397 e. The highest BCUT2D eigenvalue weighted by molar-refractivity contribution is 5.50. The van der Waals surface area contributed by atoms with Gasteiger partial charge in [-0.25, -0.2) is 4.98 Å². The van der Waals surface area contributed by atoms with Gasteiger partial charge in [-0.2, -0.15) is 0 Å². The molecular formula is C9H15N3. The van der Waals surface area contributed by atoms with Crippen LogP contribution in [-0.2, 0) is 0 Å². The lowest BCUT2D eigenvalue weighted by atomic mass is 10.2. The van der Waals surface area contributed by atoms with Crippen molar-refractivity contribution in [3.05, 3.63) is 17.8 Å². The molecule has 1 rings (SSSR count). The first-order chi connectivity index (χ1) is 5.74. The summed E-state index contributed by atoms with van der Waals surface area (Å²) in [5, 5.41) is 3.20. The Bertz CT molecular complexity index is 258. The van der Waals surface area contributed by atoms with Crippen molar-refractivity contribution in [3.63, 3.8) is 0 Å². The molecule has 1 heterocycles. The number of nitrogens with two attached hydrogens (primary N) is 1. The van der Waals surface area contributed by atoms with Crippen molar-refractivity contribution in [2.24, 2.45) is 0 Å². The van der Waals surface area contributed by atoms with Gasteiger partial charge in [-0.1, -0.05) is 6.92 Å². The molecule has 0 aliphatic rings. The SMILES string of the molecule is CCCNc1cc(C)c(N)cn1. The summed E-state index contributed by atoms with van der Waals surface area (Å²) in [6.07, 6.45) is 2.79. The van der Waals surface area contributed by atoms with Gasteiger partial charge in [0, 0.05) is 6.54 Å². The number of hydrogen-bond donors (Lipinski definition) is 2. The highest BCUT2D eigenvalue weighted by Crippen LogP contribution is 2.12. The highest BCUT2D eigenvalue weighted by atomic mass is 15.0. The van der Waals surface area contributed by atoms with E-state index in [1.807, 2.05) is 13.0 Å². The van der Waals surface area contributed by atoms with Crippen molar-refractivity contribution in [1.82, 2.24) is 4.98 Å². The van der Waals surface area contributed by atoms with Gasteiger partial charge in [-0.3, -0.25) is 0 Å². The van der Waals surface area contributed by atoms with Crippen molar-refractivity contribution in [3.8, 4) is 0 Å². The fourth-order valence-electron chi connectivity index (χ4n) is 0.916. The fraction of sp³-hybridized carbons (Fsp3) is 0.444. The molecule has 3 heteroatoms. The van der Waals surface area contributed by atoms with E-state index in [1.165, 1.54) is 0 Å². The maximum atomic E-state index is 5.63. The molecule has 0 bridgehead atoms. The number of pyridine rings is 1. The molecule has 0 unspecified atom stereocenters. The van der Waals surface area contributed by atoms with Crippen LogP contribution in [0.5, 0.6) is 0 Å². The summed E-state index contributed by atoms with van der Waals surface area (Å²) in [5.74, 6) is 0.906. The number of nitrogens with one attached hydrogen (secondary N) is 1. The summed E-state index contributed by atoms with van der Waals surface area (Å²) in [6.45, 7) is 5.06. The number of nitrogens with zero attached hydrogens (tertiary/aromatic N) is 1. The third kappa shape index (κ3) is 2.12. The van der Waals surface area contributed by atoms with E-state index in [0.717, 1.165) is 30.0 Å². The van der Waals surface area contributed by atoms with E-state index in [0.29, 0.717) is 0 Å². The van der Waals surface area contributed by atoms with E-state index < -0.39 is 0 Å². The summed E-state index contributed by atoms with van der Waals surface area (Å²) in [4.78, 5) is 4.14. The van der Waals surface area contributed by atoms with Gasteiger partial charge in [-0.15, -0.1) is 0 Å². The van der Waals surface area contributed by atoms with E-state index in [-0.39, 0.29) is 0 Å². The van der Waals surface area contributed by atoms with Crippen LogP contribution in [0.2, 0.25) is 0 Å². The molecule has 0 aliphatic heterocycles. The lowest BCUT2D eigenvalue weighted by Crippen LogP contribution is -2.02. The maximum absolute atomic E-state index is 5.63. The molecule has 0 saturated heterocycles. The molecule has 66 valence electrons. The summed E-state index contributed by atoms with van der Waals surface area (Å²) in [5.41, 5.74) is 7.45. The van der Waals surface area contributed by atoms with Crippen LogP contribution in [0.4, 0.5) is 11.5 Å². The molecule has 0 saturated carbocycles. The summed E-state index contributed by atoms with van der Waals surface area (Å²) < 4.78 is 0.